The minimum Gasteiger partial charge on any atom is -0.494 e. The lowest BCUT2D eigenvalue weighted by molar-refractivity contribution is 0.135. The van der Waals surface area contributed by atoms with Crippen LogP contribution in [-0.4, -0.2) is 60.8 Å². The lowest BCUT2D eigenvalue weighted by atomic mass is 9.92. The summed E-state index contributed by atoms with van der Waals surface area (Å²) in [5.41, 5.74) is 3.91. The number of aromatic nitrogens is 1. The van der Waals surface area contributed by atoms with E-state index in [0.29, 0.717) is 31.2 Å². The predicted molar refractivity (Wildman–Crippen MR) is 157 cm³/mol. The number of carbonyl (C=O) groups is 1. The highest BCUT2D eigenvalue weighted by molar-refractivity contribution is 7.75. The average molecular weight is 584 g/mol. The third-order valence-corrected chi connectivity index (χ3v) is 7.47. The molecule has 1 aliphatic heterocycles. The third kappa shape index (κ3) is 6.55. The maximum atomic E-state index is 13.4. The van der Waals surface area contributed by atoms with Gasteiger partial charge in [-0.3, -0.25) is 4.90 Å². The van der Waals surface area contributed by atoms with Gasteiger partial charge in [0.25, 0.3) is 0 Å². The number of carbonyl (C=O) groups excluding carboxylic acids is 1. The molecule has 4 aromatic rings. The van der Waals surface area contributed by atoms with E-state index in [0.717, 1.165) is 53.0 Å². The number of nitrogens with one attached hydrogen (secondary N) is 1. The zero-order chi connectivity index (χ0) is 28.1. The number of benzene rings is 3. The topological polar surface area (TPSA) is 67.0 Å². The SMILES string of the molecule is CN(CCCOc1ccc(C2c3[nH]c4ccc(Cl)cc4c3CCN2C(=O)Oc2ccc(F)cc2)cc1)CCOS. The second kappa shape index (κ2) is 13.0. The molecule has 0 saturated carbocycles. The highest BCUT2D eigenvalue weighted by atomic mass is 35.5. The first-order valence-electron chi connectivity index (χ1n) is 13.1. The van der Waals surface area contributed by atoms with Crippen molar-refractivity contribution in [2.75, 3.05) is 39.9 Å². The summed E-state index contributed by atoms with van der Waals surface area (Å²) in [6, 6.07) is 18.6. The molecule has 0 fully saturated rings. The van der Waals surface area contributed by atoms with Crippen LogP contribution in [0.5, 0.6) is 11.5 Å². The maximum absolute atomic E-state index is 13.4. The lowest BCUT2D eigenvalue weighted by Crippen LogP contribution is -2.42. The van der Waals surface area contributed by atoms with Crippen molar-refractivity contribution in [1.29, 1.82) is 0 Å². The second-order valence-corrected chi connectivity index (χ2v) is 10.5. The zero-order valence-corrected chi connectivity index (χ0v) is 23.8. The molecule has 7 nitrogen and oxygen atoms in total. The Hall–Kier alpha value is -3.24. The van der Waals surface area contributed by atoms with Gasteiger partial charge in [0.05, 0.1) is 13.2 Å². The number of hydrogen-bond acceptors (Lipinski definition) is 6. The van der Waals surface area contributed by atoms with Gasteiger partial charge in [0.2, 0.25) is 0 Å². The van der Waals surface area contributed by atoms with Crippen LogP contribution >= 0.6 is 24.5 Å². The minimum atomic E-state index is -0.508. The van der Waals surface area contributed by atoms with E-state index >= 15 is 0 Å². The molecule has 0 spiro atoms. The first-order valence-corrected chi connectivity index (χ1v) is 13.9. The van der Waals surface area contributed by atoms with E-state index in [1.165, 1.54) is 24.3 Å². The first kappa shape index (κ1) is 28.3. The van der Waals surface area contributed by atoms with Crippen molar-refractivity contribution in [3.8, 4) is 11.5 Å². The van der Waals surface area contributed by atoms with E-state index in [9.17, 15) is 9.18 Å². The van der Waals surface area contributed by atoms with Crippen LogP contribution in [0, 0.1) is 5.82 Å². The van der Waals surface area contributed by atoms with E-state index in [-0.39, 0.29) is 5.75 Å². The summed E-state index contributed by atoms with van der Waals surface area (Å²) in [6.07, 6.45) is 1.00. The molecule has 40 heavy (non-hydrogen) atoms. The fourth-order valence-electron chi connectivity index (χ4n) is 5.05. The molecule has 0 radical (unpaired) electrons. The van der Waals surface area contributed by atoms with Gasteiger partial charge >= 0.3 is 6.09 Å². The number of amides is 1. The molecule has 0 saturated heterocycles. The Morgan fingerprint density at radius 3 is 2.58 bits per heavy atom. The largest absolute Gasteiger partial charge is 0.494 e. The summed E-state index contributed by atoms with van der Waals surface area (Å²) in [5.74, 6) is 0.645. The molecular formula is C30H31ClFN3O4S. The van der Waals surface area contributed by atoms with Gasteiger partial charge in [-0.05, 0) is 98.5 Å². The van der Waals surface area contributed by atoms with Crippen LogP contribution in [0.15, 0.2) is 66.7 Å². The fraction of sp³-hybridized carbons (Fsp3) is 0.300. The van der Waals surface area contributed by atoms with Gasteiger partial charge in [-0.25, -0.2) is 9.18 Å². The number of halogens is 2. The number of thiol groups is 1. The summed E-state index contributed by atoms with van der Waals surface area (Å²) in [4.78, 5) is 20.8. The molecule has 1 atom stereocenters. The molecule has 3 aromatic carbocycles. The number of fused-ring (bicyclic) bond motifs is 3. The molecule has 10 heteroatoms. The van der Waals surface area contributed by atoms with E-state index in [4.69, 9.17) is 25.3 Å². The summed E-state index contributed by atoms with van der Waals surface area (Å²) in [7, 11) is 2.03. The van der Waals surface area contributed by atoms with Crippen molar-refractivity contribution < 1.29 is 22.8 Å². The van der Waals surface area contributed by atoms with E-state index in [1.807, 2.05) is 49.5 Å². The second-order valence-electron chi connectivity index (χ2n) is 9.78. The van der Waals surface area contributed by atoms with Crippen LogP contribution in [0.1, 0.15) is 29.3 Å². The number of nitrogens with zero attached hydrogens (tertiary/aromatic N) is 2. The normalized spacial score (nSPS) is 14.9. The Labute approximate surface area is 243 Å². The molecule has 2 heterocycles. The van der Waals surface area contributed by atoms with Crippen molar-refractivity contribution >= 4 is 41.5 Å². The third-order valence-electron chi connectivity index (χ3n) is 7.06. The summed E-state index contributed by atoms with van der Waals surface area (Å²) in [5, 5.41) is 1.71. The van der Waals surface area contributed by atoms with Crippen LogP contribution in [0.4, 0.5) is 9.18 Å². The molecule has 0 bridgehead atoms. The quantitative estimate of drug-likeness (QED) is 0.124. The molecule has 1 unspecified atom stereocenters. The van der Waals surface area contributed by atoms with Crippen molar-refractivity contribution in [3.05, 3.63) is 94.4 Å². The molecule has 1 amide bonds. The smallest absolute Gasteiger partial charge is 0.416 e. The Kier molecular flexibility index (Phi) is 9.16. The van der Waals surface area contributed by atoms with Crippen molar-refractivity contribution in [2.45, 2.75) is 18.9 Å². The summed E-state index contributed by atoms with van der Waals surface area (Å²) >= 11 is 10.1. The van der Waals surface area contributed by atoms with Gasteiger partial charge in [0.15, 0.2) is 0 Å². The predicted octanol–water partition coefficient (Wildman–Crippen LogP) is 6.67. The molecule has 0 aliphatic carbocycles. The van der Waals surface area contributed by atoms with Gasteiger partial charge < -0.3 is 23.5 Å². The van der Waals surface area contributed by atoms with Crippen molar-refractivity contribution in [3.63, 3.8) is 0 Å². The Balaban J connectivity index is 1.36. The van der Waals surface area contributed by atoms with E-state index in [1.54, 1.807) is 4.90 Å². The molecular weight excluding hydrogens is 553 g/mol. The maximum Gasteiger partial charge on any atom is 0.416 e. The van der Waals surface area contributed by atoms with Crippen molar-refractivity contribution in [1.82, 2.24) is 14.8 Å². The number of aromatic amines is 1. The molecule has 1 N–H and O–H groups in total. The standard InChI is InChI=1S/C30H31ClFN3O4S/c1-34(16-18-38-40)14-2-17-37-23-8-3-20(4-9-23)29-28-25(26-19-21(31)5-12-27(26)33-28)13-15-35(29)30(36)39-24-10-6-22(32)7-11-24/h3-12,19,29,33,40H,2,13-18H2,1H3. The Morgan fingerprint density at radius 2 is 1.82 bits per heavy atom. The van der Waals surface area contributed by atoms with Gasteiger partial charge in [-0.2, -0.15) is 0 Å². The van der Waals surface area contributed by atoms with Gasteiger partial charge in [-0.15, -0.1) is 0 Å². The number of hydrogen-bond donors (Lipinski definition) is 2. The zero-order valence-electron chi connectivity index (χ0n) is 22.1. The minimum absolute atomic E-state index is 0.284. The molecule has 1 aromatic heterocycles. The molecule has 1 aliphatic rings. The van der Waals surface area contributed by atoms with E-state index < -0.39 is 18.0 Å². The number of rotatable bonds is 10. The van der Waals surface area contributed by atoms with Crippen LogP contribution < -0.4 is 9.47 Å². The van der Waals surface area contributed by atoms with Crippen molar-refractivity contribution in [2.24, 2.45) is 0 Å². The highest BCUT2D eigenvalue weighted by Crippen LogP contribution is 2.40. The van der Waals surface area contributed by atoms with Crippen LogP contribution in [-0.2, 0) is 10.6 Å². The van der Waals surface area contributed by atoms with Crippen LogP contribution in [0.3, 0.4) is 0 Å². The van der Waals surface area contributed by atoms with Crippen LogP contribution in [0.2, 0.25) is 5.02 Å². The van der Waals surface area contributed by atoms with Gasteiger partial charge in [0.1, 0.15) is 23.4 Å². The van der Waals surface area contributed by atoms with Gasteiger partial charge in [0, 0.05) is 41.3 Å². The number of ether oxygens (including phenoxy) is 2. The Bertz CT molecular complexity index is 1450. The number of H-pyrrole nitrogens is 1. The van der Waals surface area contributed by atoms with E-state index in [2.05, 4.69) is 22.8 Å². The lowest BCUT2D eigenvalue weighted by Gasteiger charge is -2.35. The molecule has 5 rings (SSSR count). The van der Waals surface area contributed by atoms with Crippen LogP contribution in [0.25, 0.3) is 10.9 Å². The van der Waals surface area contributed by atoms with Gasteiger partial charge in [-0.1, -0.05) is 23.7 Å². The summed E-state index contributed by atoms with van der Waals surface area (Å²) < 4.78 is 29.8. The fourth-order valence-corrected chi connectivity index (χ4v) is 5.30. The first-order chi connectivity index (χ1) is 19.4. The Morgan fingerprint density at radius 1 is 1.07 bits per heavy atom. The summed E-state index contributed by atoms with van der Waals surface area (Å²) in [6.45, 7) is 3.29. The average Bonchev–Trinajstić information content (AvgIpc) is 3.33. The molecule has 210 valence electrons. The monoisotopic (exact) mass is 583 g/mol. The highest BCUT2D eigenvalue weighted by Gasteiger charge is 2.35. The number of likely N-dealkylation sites (N-methyl/N-ethyl adjacent to an activating group) is 1.